The van der Waals surface area contributed by atoms with Gasteiger partial charge in [-0.1, -0.05) is 6.07 Å². The van der Waals surface area contributed by atoms with Crippen LogP contribution in [0.2, 0.25) is 0 Å². The normalized spacial score (nSPS) is 25.1. The largest absolute Gasteiger partial charge is 0.494 e. The van der Waals surface area contributed by atoms with Crippen LogP contribution in [0.15, 0.2) is 41.4 Å². The van der Waals surface area contributed by atoms with Crippen molar-refractivity contribution >= 4 is 27.7 Å². The molecule has 1 saturated heterocycles. The molecule has 244 valence electrons. The molecule has 2 aromatic carbocycles. The second-order valence-electron chi connectivity index (χ2n) is 11.6. The van der Waals surface area contributed by atoms with Gasteiger partial charge in [-0.15, -0.1) is 0 Å². The molecule has 10 nitrogen and oxygen atoms in total. The van der Waals surface area contributed by atoms with E-state index in [1.807, 2.05) is 6.92 Å². The molecule has 0 atom stereocenters. The van der Waals surface area contributed by atoms with Gasteiger partial charge in [0, 0.05) is 37.4 Å². The molecule has 7 bridgehead atoms. The van der Waals surface area contributed by atoms with E-state index in [1.165, 1.54) is 10.4 Å². The maximum Gasteiger partial charge on any atom is 0.416 e. The van der Waals surface area contributed by atoms with Gasteiger partial charge in [-0.05, 0) is 86.9 Å². The third-order valence-electron chi connectivity index (χ3n) is 8.40. The summed E-state index contributed by atoms with van der Waals surface area (Å²) in [5.74, 6) is -0.862. The molecule has 45 heavy (non-hydrogen) atoms. The Balaban J connectivity index is 1.37. The average molecular weight is 651 g/mol. The second kappa shape index (κ2) is 13.5. The Morgan fingerprint density at radius 1 is 0.956 bits per heavy atom. The number of hydrogen-bond donors (Lipinski definition) is 2. The number of nitrogens with zero attached hydrogens (tertiary/aromatic N) is 2. The number of aryl methyl sites for hydroxylation is 2. The maximum atomic E-state index is 13.8. The minimum absolute atomic E-state index is 0.00640. The predicted octanol–water partition coefficient (Wildman–Crippen LogP) is 3.61. The van der Waals surface area contributed by atoms with E-state index in [9.17, 15) is 31.2 Å². The van der Waals surface area contributed by atoms with Crippen molar-refractivity contribution in [2.75, 3.05) is 45.2 Å². The SMILES string of the molecule is Cc1cc2ccc1CCS(=O)(=O)N1CCC3(CC1)N=C(NC3=O)c1cc(cc(C(F)(F)F)c1)OCCCCCOCCNC2=O. The molecule has 5 heterocycles. The number of hydrogen-bond acceptors (Lipinski definition) is 7. The van der Waals surface area contributed by atoms with E-state index in [2.05, 4.69) is 15.6 Å². The first-order chi connectivity index (χ1) is 21.4. The third-order valence-corrected chi connectivity index (χ3v) is 10.3. The van der Waals surface area contributed by atoms with Crippen LogP contribution in [0.25, 0.3) is 0 Å². The van der Waals surface area contributed by atoms with Crippen LogP contribution in [0.3, 0.4) is 0 Å². The molecule has 0 radical (unpaired) electrons. The lowest BCUT2D eigenvalue weighted by molar-refractivity contribution is -0.137. The van der Waals surface area contributed by atoms with Gasteiger partial charge in [-0.2, -0.15) is 13.2 Å². The summed E-state index contributed by atoms with van der Waals surface area (Å²) in [6, 6.07) is 8.44. The highest BCUT2D eigenvalue weighted by molar-refractivity contribution is 7.89. The predicted molar refractivity (Wildman–Crippen MR) is 161 cm³/mol. The number of amides is 2. The van der Waals surface area contributed by atoms with Crippen LogP contribution >= 0.6 is 0 Å². The second-order valence-corrected chi connectivity index (χ2v) is 13.7. The zero-order valence-corrected chi connectivity index (χ0v) is 25.9. The van der Waals surface area contributed by atoms with Crippen molar-refractivity contribution in [1.82, 2.24) is 14.9 Å². The summed E-state index contributed by atoms with van der Waals surface area (Å²) in [5.41, 5.74) is -0.0500. The van der Waals surface area contributed by atoms with E-state index in [0.717, 1.165) is 29.7 Å². The molecular formula is C31H37F3N4O6S. The molecule has 0 aliphatic carbocycles. The lowest BCUT2D eigenvalue weighted by Crippen LogP contribution is -2.50. The van der Waals surface area contributed by atoms with Gasteiger partial charge in [0.25, 0.3) is 11.8 Å². The van der Waals surface area contributed by atoms with Crippen molar-refractivity contribution in [2.45, 2.75) is 57.2 Å². The topological polar surface area (TPSA) is 126 Å². The standard InChI is InChI=1S/C31H37F3N4O6S/c1-21-17-23-6-5-22(21)7-16-45(41,42)38-11-8-30(9-12-38)29(40)36-27(37-30)24-18-25(31(32,33)34)20-26(19-24)44-14-4-2-3-13-43-15-10-35-28(23)39/h5-6,17-20H,2-4,7-16H2,1H3,(H,35,39)(H,36,37,40). The number of sulfonamides is 1. The number of carbonyl (C=O) groups excluding carboxylic acids is 2. The van der Waals surface area contributed by atoms with Crippen LogP contribution in [0.5, 0.6) is 5.75 Å². The molecule has 14 heteroatoms. The van der Waals surface area contributed by atoms with Gasteiger partial charge in [0.1, 0.15) is 17.1 Å². The maximum absolute atomic E-state index is 13.8. The Bertz CT molecular complexity index is 1570. The van der Waals surface area contributed by atoms with Gasteiger partial charge in [0.05, 0.1) is 24.5 Å². The molecule has 5 aliphatic rings. The monoisotopic (exact) mass is 650 g/mol. The highest BCUT2D eigenvalue weighted by Crippen LogP contribution is 2.36. The minimum atomic E-state index is -4.65. The minimum Gasteiger partial charge on any atom is -0.494 e. The quantitative estimate of drug-likeness (QED) is 0.449. The van der Waals surface area contributed by atoms with Gasteiger partial charge < -0.3 is 20.1 Å². The fourth-order valence-electron chi connectivity index (χ4n) is 5.71. The Hall–Kier alpha value is -3.49. The summed E-state index contributed by atoms with van der Waals surface area (Å²) in [6.07, 6.45) is -2.19. The number of rotatable bonds is 0. The van der Waals surface area contributed by atoms with Crippen molar-refractivity contribution in [3.8, 4) is 5.75 Å². The smallest absolute Gasteiger partial charge is 0.416 e. The number of aliphatic imine (C=N–C) groups is 1. The van der Waals surface area contributed by atoms with Crippen molar-refractivity contribution < 1.29 is 40.7 Å². The number of nitrogens with one attached hydrogen (secondary N) is 2. The van der Waals surface area contributed by atoms with Crippen LogP contribution < -0.4 is 15.4 Å². The van der Waals surface area contributed by atoms with Crippen molar-refractivity contribution in [3.05, 3.63) is 64.2 Å². The molecule has 0 unspecified atom stereocenters. The summed E-state index contributed by atoms with van der Waals surface area (Å²) in [7, 11) is -3.68. The van der Waals surface area contributed by atoms with Gasteiger partial charge in [0.15, 0.2) is 0 Å². The summed E-state index contributed by atoms with van der Waals surface area (Å²) < 4.78 is 80.4. The number of ether oxygens (including phenoxy) is 2. The van der Waals surface area contributed by atoms with Crippen LogP contribution in [0, 0.1) is 6.92 Å². The first-order valence-corrected chi connectivity index (χ1v) is 16.7. The molecule has 2 aromatic rings. The van der Waals surface area contributed by atoms with Gasteiger partial charge in [-0.25, -0.2) is 12.7 Å². The zero-order valence-electron chi connectivity index (χ0n) is 25.0. The van der Waals surface area contributed by atoms with Crippen molar-refractivity contribution in [3.63, 3.8) is 0 Å². The molecule has 7 rings (SSSR count). The number of carbonyl (C=O) groups is 2. The molecular weight excluding hydrogens is 613 g/mol. The van der Waals surface area contributed by atoms with Gasteiger partial charge in [-0.3, -0.25) is 14.6 Å². The molecule has 1 spiro atoms. The van der Waals surface area contributed by atoms with Crippen LogP contribution in [0.4, 0.5) is 13.2 Å². The Kier molecular flexibility index (Phi) is 9.85. The van der Waals surface area contributed by atoms with Crippen LogP contribution in [0.1, 0.15) is 64.7 Å². The Morgan fingerprint density at radius 2 is 1.71 bits per heavy atom. The molecule has 5 aliphatic heterocycles. The number of fused-ring (bicyclic) bond motifs is 2. The van der Waals surface area contributed by atoms with Crippen molar-refractivity contribution in [1.29, 1.82) is 0 Å². The highest BCUT2D eigenvalue weighted by Gasteiger charge is 2.47. The molecule has 1 fully saturated rings. The number of amidine groups is 1. The van der Waals surface area contributed by atoms with E-state index < -0.39 is 33.2 Å². The molecule has 2 amide bonds. The fraction of sp³-hybridized carbons (Fsp3) is 0.516. The van der Waals surface area contributed by atoms with E-state index >= 15 is 0 Å². The first kappa shape index (κ1) is 32.9. The zero-order chi connectivity index (χ0) is 32.2. The van der Waals surface area contributed by atoms with Crippen LogP contribution in [-0.2, 0) is 32.2 Å². The number of alkyl halides is 3. The third kappa shape index (κ3) is 7.85. The summed E-state index contributed by atoms with van der Waals surface area (Å²) in [6.45, 7) is 3.21. The lowest BCUT2D eigenvalue weighted by Gasteiger charge is -2.34. The molecule has 0 aromatic heterocycles. The summed E-state index contributed by atoms with van der Waals surface area (Å²) in [5, 5.41) is 5.45. The fourth-order valence-corrected chi connectivity index (χ4v) is 7.18. The molecule has 2 N–H and O–H groups in total. The summed E-state index contributed by atoms with van der Waals surface area (Å²) >= 11 is 0. The van der Waals surface area contributed by atoms with Gasteiger partial charge >= 0.3 is 6.18 Å². The molecule has 0 saturated carbocycles. The number of piperidine rings is 1. The number of halogens is 3. The Labute approximate surface area is 260 Å². The van der Waals surface area contributed by atoms with E-state index in [-0.39, 0.29) is 67.8 Å². The van der Waals surface area contributed by atoms with E-state index in [4.69, 9.17) is 9.47 Å². The average Bonchev–Trinajstić information content (AvgIpc) is 3.31. The van der Waals surface area contributed by atoms with Crippen LogP contribution in [-0.4, -0.2) is 81.1 Å². The Morgan fingerprint density at radius 3 is 2.44 bits per heavy atom. The van der Waals surface area contributed by atoms with E-state index in [0.29, 0.717) is 38.2 Å². The van der Waals surface area contributed by atoms with Crippen molar-refractivity contribution in [2.24, 2.45) is 4.99 Å². The number of benzene rings is 2. The van der Waals surface area contributed by atoms with Gasteiger partial charge in [0.2, 0.25) is 10.0 Å². The van der Waals surface area contributed by atoms with E-state index in [1.54, 1.807) is 18.2 Å². The lowest BCUT2D eigenvalue weighted by atomic mass is 9.89. The summed E-state index contributed by atoms with van der Waals surface area (Å²) in [4.78, 5) is 30.2. The highest BCUT2D eigenvalue weighted by atomic mass is 32.2. The first-order valence-electron chi connectivity index (χ1n) is 15.1.